The third kappa shape index (κ3) is 5.42. The van der Waals surface area contributed by atoms with Crippen LogP contribution in [0, 0.1) is 20.8 Å². The van der Waals surface area contributed by atoms with E-state index in [1.807, 2.05) is 93.6 Å². The molecule has 0 saturated carbocycles. The molecule has 0 fully saturated rings. The quantitative estimate of drug-likeness (QED) is 0.155. The van der Waals surface area contributed by atoms with Gasteiger partial charge in [0.2, 0.25) is 0 Å². The number of hydrogen-bond donors (Lipinski definition) is 1. The molecule has 0 spiro atoms. The molecule has 0 unspecified atom stereocenters. The first-order chi connectivity index (χ1) is 17.9. The fourth-order valence-corrected chi connectivity index (χ4v) is 4.25. The van der Waals surface area contributed by atoms with E-state index >= 15 is 0 Å². The van der Waals surface area contributed by atoms with Crippen LogP contribution in [0.4, 0.5) is 0 Å². The second-order valence-electron chi connectivity index (χ2n) is 9.07. The third-order valence-corrected chi connectivity index (χ3v) is 6.48. The molecule has 5 nitrogen and oxygen atoms in total. The summed E-state index contributed by atoms with van der Waals surface area (Å²) in [6.45, 7) is 6.06. The number of rotatable bonds is 5. The zero-order chi connectivity index (χ0) is 25.9. The van der Waals surface area contributed by atoms with Gasteiger partial charge in [0.05, 0.1) is 23.1 Å². The summed E-state index contributed by atoms with van der Waals surface area (Å²) in [4.78, 5) is 22.5. The lowest BCUT2D eigenvalue weighted by Gasteiger charge is -2.10. The molecule has 6 heteroatoms. The highest BCUT2D eigenvalue weighted by molar-refractivity contribution is 6.32. The number of carbonyl (C=O) groups is 1. The van der Waals surface area contributed by atoms with Crippen molar-refractivity contribution in [3.8, 4) is 22.5 Å². The summed E-state index contributed by atoms with van der Waals surface area (Å²) in [7, 11) is 0. The van der Waals surface area contributed by atoms with Gasteiger partial charge in [-0.2, -0.15) is 5.10 Å². The Kier molecular flexibility index (Phi) is 6.80. The summed E-state index contributed by atoms with van der Waals surface area (Å²) in [5.74, 6) is -0.346. The van der Waals surface area contributed by atoms with Crippen LogP contribution in [0.15, 0.2) is 90.0 Å². The average Bonchev–Trinajstić information content (AvgIpc) is 2.90. The smallest absolute Gasteiger partial charge is 0.267 e. The number of aryl methyl sites for hydroxylation is 3. The normalized spacial score (nSPS) is 11.2. The highest BCUT2D eigenvalue weighted by Crippen LogP contribution is 2.26. The summed E-state index contributed by atoms with van der Waals surface area (Å²) in [5, 5.41) is 5.45. The molecule has 0 saturated heterocycles. The zero-order valence-electron chi connectivity index (χ0n) is 20.8. The minimum atomic E-state index is -0.346. The molecule has 37 heavy (non-hydrogen) atoms. The Hall–Kier alpha value is -4.35. The van der Waals surface area contributed by atoms with Crippen molar-refractivity contribution in [2.45, 2.75) is 20.8 Å². The molecule has 0 atom stereocenters. The molecule has 3 aromatic carbocycles. The van der Waals surface area contributed by atoms with Gasteiger partial charge in [-0.1, -0.05) is 89.5 Å². The highest BCUT2D eigenvalue weighted by atomic mass is 35.5. The molecule has 5 rings (SSSR count). The maximum atomic E-state index is 13.2. The van der Waals surface area contributed by atoms with Crippen molar-refractivity contribution < 1.29 is 4.79 Å². The lowest BCUT2D eigenvalue weighted by Crippen LogP contribution is -2.18. The van der Waals surface area contributed by atoms with E-state index in [9.17, 15) is 4.79 Å². The molecular formula is C31H25ClN4O. The van der Waals surface area contributed by atoms with Crippen molar-refractivity contribution in [2.24, 2.45) is 5.10 Å². The Morgan fingerprint density at radius 2 is 1.41 bits per heavy atom. The molecule has 1 amide bonds. The number of hydrogen-bond acceptors (Lipinski definition) is 4. The van der Waals surface area contributed by atoms with Crippen LogP contribution in [0.5, 0.6) is 0 Å². The van der Waals surface area contributed by atoms with Crippen molar-refractivity contribution in [3.63, 3.8) is 0 Å². The predicted octanol–water partition coefficient (Wildman–Crippen LogP) is 7.31. The number of para-hydroxylation sites is 1. The summed E-state index contributed by atoms with van der Waals surface area (Å²) in [6.07, 6.45) is 1.51. The van der Waals surface area contributed by atoms with Crippen molar-refractivity contribution in [1.29, 1.82) is 0 Å². The number of nitrogens with zero attached hydrogens (tertiary/aromatic N) is 3. The number of halogens is 1. The largest absolute Gasteiger partial charge is 0.271 e. The molecule has 1 N–H and O–H groups in total. The monoisotopic (exact) mass is 504 g/mol. The van der Waals surface area contributed by atoms with E-state index < -0.39 is 0 Å². The van der Waals surface area contributed by atoms with Crippen LogP contribution in [0.25, 0.3) is 33.4 Å². The number of amides is 1. The van der Waals surface area contributed by atoms with Crippen LogP contribution in [-0.2, 0) is 0 Å². The number of carbonyl (C=O) groups excluding carboxylic acids is 1. The average molecular weight is 505 g/mol. The van der Waals surface area contributed by atoms with Crippen molar-refractivity contribution in [1.82, 2.24) is 15.4 Å². The minimum Gasteiger partial charge on any atom is -0.267 e. The molecule has 0 aliphatic rings. The Bertz CT molecular complexity index is 1580. The van der Waals surface area contributed by atoms with Gasteiger partial charge in [-0.05, 0) is 44.5 Å². The Labute approximate surface area is 220 Å². The van der Waals surface area contributed by atoms with Gasteiger partial charge >= 0.3 is 0 Å². The van der Waals surface area contributed by atoms with Crippen molar-refractivity contribution >= 4 is 34.6 Å². The standard InChI is InChI=1S/C31H25ClN4O/c1-19-7-11-22(12-8-19)27-16-25(17-28(34-27)23-13-9-20(2)10-14-23)31(37)36-33-18-26-15-24-6-4-5-21(3)29(24)35-30(26)32/h4-18H,1-3H3,(H,36,37)/b33-18+. The SMILES string of the molecule is Cc1ccc(-c2cc(C(=O)N/N=C/c3cc4cccc(C)c4nc3Cl)cc(-c3ccc(C)cc3)n2)cc1. The minimum absolute atomic E-state index is 0.326. The van der Waals surface area contributed by atoms with Crippen molar-refractivity contribution in [2.75, 3.05) is 0 Å². The van der Waals surface area contributed by atoms with Gasteiger partial charge in [0.15, 0.2) is 0 Å². The third-order valence-electron chi connectivity index (χ3n) is 6.18. The molecule has 2 heterocycles. The molecule has 0 bridgehead atoms. The maximum Gasteiger partial charge on any atom is 0.271 e. The highest BCUT2D eigenvalue weighted by Gasteiger charge is 2.13. The number of fused-ring (bicyclic) bond motifs is 1. The summed E-state index contributed by atoms with van der Waals surface area (Å²) in [6, 6.07) is 27.5. The van der Waals surface area contributed by atoms with E-state index in [1.54, 1.807) is 12.1 Å². The first-order valence-corrected chi connectivity index (χ1v) is 12.3. The van der Waals surface area contributed by atoms with Gasteiger partial charge in [0, 0.05) is 27.6 Å². The Morgan fingerprint density at radius 3 is 2.00 bits per heavy atom. The van der Waals surface area contributed by atoms with Crippen LogP contribution < -0.4 is 5.43 Å². The molecule has 0 aliphatic carbocycles. The number of aromatic nitrogens is 2. The van der Waals surface area contributed by atoms with E-state index in [0.717, 1.165) is 38.7 Å². The van der Waals surface area contributed by atoms with Crippen LogP contribution in [0.2, 0.25) is 5.15 Å². The van der Waals surface area contributed by atoms with Gasteiger partial charge in [-0.25, -0.2) is 15.4 Å². The van der Waals surface area contributed by atoms with Gasteiger partial charge in [0.1, 0.15) is 5.15 Å². The van der Waals surface area contributed by atoms with Gasteiger partial charge in [-0.3, -0.25) is 4.79 Å². The lowest BCUT2D eigenvalue weighted by atomic mass is 10.0. The zero-order valence-corrected chi connectivity index (χ0v) is 21.5. The summed E-state index contributed by atoms with van der Waals surface area (Å²) in [5.41, 5.74) is 11.2. The van der Waals surface area contributed by atoms with E-state index in [1.165, 1.54) is 6.21 Å². The number of nitrogens with one attached hydrogen (secondary N) is 1. The Balaban J connectivity index is 1.46. The fraction of sp³-hybridized carbons (Fsp3) is 0.0968. The first kappa shape index (κ1) is 24.3. The van der Waals surface area contributed by atoms with Gasteiger partial charge in [-0.15, -0.1) is 0 Å². The van der Waals surface area contributed by atoms with Crippen LogP contribution in [-0.4, -0.2) is 22.1 Å². The topological polar surface area (TPSA) is 67.2 Å². The lowest BCUT2D eigenvalue weighted by molar-refractivity contribution is 0.0955. The Morgan fingerprint density at radius 1 is 0.811 bits per heavy atom. The van der Waals surface area contributed by atoms with Crippen molar-refractivity contribution in [3.05, 3.63) is 118 Å². The van der Waals surface area contributed by atoms with Gasteiger partial charge < -0.3 is 0 Å². The molecule has 0 aliphatic heterocycles. The molecule has 5 aromatic rings. The van der Waals surface area contributed by atoms with E-state index in [2.05, 4.69) is 15.5 Å². The predicted molar refractivity (Wildman–Crippen MR) is 151 cm³/mol. The van der Waals surface area contributed by atoms with E-state index in [4.69, 9.17) is 16.6 Å². The van der Waals surface area contributed by atoms with Crippen LogP contribution in [0.1, 0.15) is 32.6 Å². The van der Waals surface area contributed by atoms with Crippen LogP contribution >= 0.6 is 11.6 Å². The van der Waals surface area contributed by atoms with E-state index in [-0.39, 0.29) is 5.91 Å². The molecular weight excluding hydrogens is 480 g/mol. The maximum absolute atomic E-state index is 13.2. The number of benzene rings is 3. The first-order valence-electron chi connectivity index (χ1n) is 11.9. The number of pyridine rings is 2. The second-order valence-corrected chi connectivity index (χ2v) is 9.43. The summed E-state index contributed by atoms with van der Waals surface area (Å²) < 4.78 is 0. The fourth-order valence-electron chi connectivity index (χ4n) is 4.06. The van der Waals surface area contributed by atoms with E-state index in [0.29, 0.717) is 27.7 Å². The number of hydrazone groups is 1. The molecule has 2 aromatic heterocycles. The molecule has 182 valence electrons. The second kappa shape index (κ2) is 10.3. The molecule has 0 radical (unpaired) electrons. The van der Waals surface area contributed by atoms with Crippen LogP contribution in [0.3, 0.4) is 0 Å². The van der Waals surface area contributed by atoms with Gasteiger partial charge in [0.25, 0.3) is 5.91 Å². The summed E-state index contributed by atoms with van der Waals surface area (Å²) >= 11 is 6.38.